The molecule has 1 aromatic carbocycles. The predicted molar refractivity (Wildman–Crippen MR) is 73.9 cm³/mol. The maximum absolute atomic E-state index is 4.99. The molecule has 0 saturated heterocycles. The van der Waals surface area contributed by atoms with E-state index in [4.69, 9.17) is 4.74 Å². The van der Waals surface area contributed by atoms with E-state index in [1.165, 1.54) is 11.1 Å². The summed E-state index contributed by atoms with van der Waals surface area (Å²) in [6, 6.07) is 8.44. The molecule has 0 radical (unpaired) electrons. The van der Waals surface area contributed by atoms with Crippen molar-refractivity contribution in [2.45, 2.75) is 20.0 Å². The summed E-state index contributed by atoms with van der Waals surface area (Å²) in [5.41, 5.74) is 2.50. The van der Waals surface area contributed by atoms with Crippen molar-refractivity contribution in [3.8, 4) is 0 Å². The van der Waals surface area contributed by atoms with Crippen molar-refractivity contribution in [3.63, 3.8) is 0 Å². The lowest BCUT2D eigenvalue weighted by Crippen LogP contribution is -2.21. The molecule has 0 amide bonds. The van der Waals surface area contributed by atoms with Crippen molar-refractivity contribution < 1.29 is 4.74 Å². The number of nitrogens with one attached hydrogen (secondary N) is 1. The van der Waals surface area contributed by atoms with Crippen LogP contribution in [0.1, 0.15) is 17.0 Å². The Kier molecular flexibility index (Phi) is 5.06. The van der Waals surface area contributed by atoms with Crippen LogP contribution >= 0.6 is 0 Å². The van der Waals surface area contributed by atoms with Gasteiger partial charge in [-0.2, -0.15) is 5.10 Å². The lowest BCUT2D eigenvalue weighted by molar-refractivity contribution is 0.198. The van der Waals surface area contributed by atoms with Crippen LogP contribution in [0.3, 0.4) is 0 Å². The molecule has 0 bridgehead atoms. The maximum Gasteiger partial charge on any atom is 0.141 e. The predicted octanol–water partition coefficient (Wildman–Crippen LogP) is 1.37. The Balaban J connectivity index is 1.95. The number of rotatable bonds is 7. The zero-order valence-electron chi connectivity index (χ0n) is 11.5. The summed E-state index contributed by atoms with van der Waals surface area (Å²) >= 11 is 0. The van der Waals surface area contributed by atoms with Crippen LogP contribution in [0.5, 0.6) is 0 Å². The van der Waals surface area contributed by atoms with Gasteiger partial charge in [0.25, 0.3) is 0 Å². The smallest absolute Gasteiger partial charge is 0.141 e. The molecule has 1 heterocycles. The van der Waals surface area contributed by atoms with Gasteiger partial charge in [-0.05, 0) is 12.5 Å². The third-order valence-corrected chi connectivity index (χ3v) is 2.88. The van der Waals surface area contributed by atoms with Crippen molar-refractivity contribution >= 4 is 0 Å². The Labute approximate surface area is 113 Å². The van der Waals surface area contributed by atoms with Gasteiger partial charge in [-0.3, -0.25) is 0 Å². The number of benzene rings is 1. The van der Waals surface area contributed by atoms with Crippen molar-refractivity contribution in [3.05, 3.63) is 47.5 Å². The fourth-order valence-electron chi connectivity index (χ4n) is 1.91. The lowest BCUT2D eigenvalue weighted by Gasteiger charge is -2.08. The quantitative estimate of drug-likeness (QED) is 0.764. The monoisotopic (exact) mass is 260 g/mol. The van der Waals surface area contributed by atoms with E-state index in [1.54, 1.807) is 13.4 Å². The molecule has 1 N–H and O–H groups in total. The van der Waals surface area contributed by atoms with Crippen LogP contribution < -0.4 is 5.32 Å². The van der Waals surface area contributed by atoms with Crippen LogP contribution in [0.4, 0.5) is 0 Å². The molecule has 1 aromatic heterocycles. The first-order valence-electron chi connectivity index (χ1n) is 6.41. The molecular weight excluding hydrogens is 240 g/mol. The topological polar surface area (TPSA) is 52.0 Å². The molecular formula is C14H20N4O. The zero-order chi connectivity index (χ0) is 13.5. The van der Waals surface area contributed by atoms with E-state index in [-0.39, 0.29) is 0 Å². The Morgan fingerprint density at radius 3 is 3.05 bits per heavy atom. The number of nitrogens with zero attached hydrogens (tertiary/aromatic N) is 3. The maximum atomic E-state index is 4.99. The van der Waals surface area contributed by atoms with Crippen LogP contribution in [0.2, 0.25) is 0 Å². The highest BCUT2D eigenvalue weighted by Gasteiger charge is 2.04. The minimum Gasteiger partial charge on any atom is -0.383 e. The van der Waals surface area contributed by atoms with Crippen molar-refractivity contribution in [1.82, 2.24) is 20.1 Å². The Morgan fingerprint density at radius 1 is 1.37 bits per heavy atom. The van der Waals surface area contributed by atoms with Gasteiger partial charge in [0.15, 0.2) is 0 Å². The number of hydrogen-bond donors (Lipinski definition) is 1. The van der Waals surface area contributed by atoms with Gasteiger partial charge in [0.2, 0.25) is 0 Å². The lowest BCUT2D eigenvalue weighted by atomic mass is 10.1. The molecule has 0 saturated carbocycles. The number of aromatic nitrogens is 3. The largest absolute Gasteiger partial charge is 0.383 e. The SMILES string of the molecule is COCCNCc1ncnn1Cc1cccc(C)c1. The summed E-state index contributed by atoms with van der Waals surface area (Å²) < 4.78 is 6.92. The number of aryl methyl sites for hydroxylation is 1. The molecule has 0 aliphatic heterocycles. The Hall–Kier alpha value is -1.72. The molecule has 2 rings (SSSR count). The standard InChI is InChI=1S/C14H20N4O/c1-12-4-3-5-13(8-12)10-18-14(16-11-17-18)9-15-6-7-19-2/h3-5,8,11,15H,6-7,9-10H2,1-2H3. The summed E-state index contributed by atoms with van der Waals surface area (Å²) in [7, 11) is 1.70. The Morgan fingerprint density at radius 2 is 2.26 bits per heavy atom. The van der Waals surface area contributed by atoms with E-state index in [0.29, 0.717) is 13.2 Å². The molecule has 2 aromatic rings. The molecule has 0 aliphatic rings. The van der Waals surface area contributed by atoms with Crippen LogP contribution in [-0.2, 0) is 17.8 Å². The van der Waals surface area contributed by atoms with Gasteiger partial charge >= 0.3 is 0 Å². The van der Waals surface area contributed by atoms with Crippen molar-refractivity contribution in [2.75, 3.05) is 20.3 Å². The van der Waals surface area contributed by atoms with Gasteiger partial charge in [0.1, 0.15) is 12.2 Å². The minimum atomic E-state index is 0.700. The van der Waals surface area contributed by atoms with E-state index >= 15 is 0 Å². The average Bonchev–Trinajstić information content (AvgIpc) is 2.82. The first-order chi connectivity index (χ1) is 9.29. The highest BCUT2D eigenvalue weighted by atomic mass is 16.5. The molecule has 0 unspecified atom stereocenters. The second kappa shape index (κ2) is 7.01. The van der Waals surface area contributed by atoms with Gasteiger partial charge in [-0.1, -0.05) is 29.8 Å². The van der Waals surface area contributed by atoms with Gasteiger partial charge in [-0.15, -0.1) is 0 Å². The third kappa shape index (κ3) is 4.15. The van der Waals surface area contributed by atoms with Gasteiger partial charge in [0.05, 0.1) is 19.7 Å². The van der Waals surface area contributed by atoms with Crippen molar-refractivity contribution in [2.24, 2.45) is 0 Å². The van der Waals surface area contributed by atoms with Crippen LogP contribution in [0, 0.1) is 6.92 Å². The molecule has 0 atom stereocenters. The molecule has 5 nitrogen and oxygen atoms in total. The molecule has 102 valence electrons. The molecule has 0 spiro atoms. The number of hydrogen-bond acceptors (Lipinski definition) is 4. The van der Waals surface area contributed by atoms with Gasteiger partial charge in [0, 0.05) is 13.7 Å². The molecule has 19 heavy (non-hydrogen) atoms. The summed E-state index contributed by atoms with van der Waals surface area (Å²) in [6.07, 6.45) is 1.60. The number of ether oxygens (including phenoxy) is 1. The van der Waals surface area contributed by atoms with E-state index < -0.39 is 0 Å². The average molecular weight is 260 g/mol. The van der Waals surface area contributed by atoms with Crippen LogP contribution in [0.25, 0.3) is 0 Å². The number of methoxy groups -OCH3 is 1. The fraction of sp³-hybridized carbons (Fsp3) is 0.429. The summed E-state index contributed by atoms with van der Waals surface area (Å²) in [5.74, 6) is 0.942. The molecule has 5 heteroatoms. The molecule has 0 aliphatic carbocycles. The molecule has 0 fully saturated rings. The second-order valence-electron chi connectivity index (χ2n) is 4.49. The second-order valence-corrected chi connectivity index (χ2v) is 4.49. The summed E-state index contributed by atoms with van der Waals surface area (Å²) in [4.78, 5) is 4.28. The minimum absolute atomic E-state index is 0.700. The van der Waals surface area contributed by atoms with Crippen LogP contribution in [-0.4, -0.2) is 35.0 Å². The highest BCUT2D eigenvalue weighted by Crippen LogP contribution is 2.06. The van der Waals surface area contributed by atoms with Gasteiger partial charge < -0.3 is 10.1 Å². The summed E-state index contributed by atoms with van der Waals surface area (Å²) in [5, 5.41) is 7.55. The van der Waals surface area contributed by atoms with E-state index in [1.807, 2.05) is 4.68 Å². The van der Waals surface area contributed by atoms with Crippen LogP contribution in [0.15, 0.2) is 30.6 Å². The van der Waals surface area contributed by atoms with E-state index in [2.05, 4.69) is 46.6 Å². The first kappa shape index (κ1) is 13.7. The van der Waals surface area contributed by atoms with E-state index in [0.717, 1.165) is 18.9 Å². The normalized spacial score (nSPS) is 10.8. The Bertz CT molecular complexity index is 510. The summed E-state index contributed by atoms with van der Waals surface area (Å²) in [6.45, 7) is 5.07. The zero-order valence-corrected chi connectivity index (χ0v) is 11.5. The fourth-order valence-corrected chi connectivity index (χ4v) is 1.91. The van der Waals surface area contributed by atoms with Gasteiger partial charge in [-0.25, -0.2) is 9.67 Å². The highest BCUT2D eigenvalue weighted by molar-refractivity contribution is 5.22. The third-order valence-electron chi connectivity index (χ3n) is 2.88. The van der Waals surface area contributed by atoms with E-state index in [9.17, 15) is 0 Å². The first-order valence-corrected chi connectivity index (χ1v) is 6.41. The van der Waals surface area contributed by atoms with Crippen molar-refractivity contribution in [1.29, 1.82) is 0 Å².